The van der Waals surface area contributed by atoms with Crippen LogP contribution in [-0.4, -0.2) is 92.5 Å². The predicted molar refractivity (Wildman–Crippen MR) is 241 cm³/mol. The molecule has 0 spiro atoms. The average molecular weight is 915 g/mol. The fraction of sp³-hybridized carbons (Fsp3) is 0.314. The third kappa shape index (κ3) is 11.3. The maximum atomic E-state index is 14.6. The molecule has 9 rings (SSSR count). The number of halogens is 4. The van der Waals surface area contributed by atoms with Crippen LogP contribution in [-0.2, 0) is 17.6 Å². The second-order valence-electron chi connectivity index (χ2n) is 17.0. The van der Waals surface area contributed by atoms with Crippen LogP contribution in [0.5, 0.6) is 0 Å². The summed E-state index contributed by atoms with van der Waals surface area (Å²) < 4.78 is 61.5. The van der Waals surface area contributed by atoms with E-state index in [4.69, 9.17) is 10.5 Å². The molecule has 2 aliphatic heterocycles. The third-order valence-electron chi connectivity index (χ3n) is 12.9. The topological polar surface area (TPSA) is 157 Å². The van der Waals surface area contributed by atoms with Gasteiger partial charge in [0.15, 0.2) is 0 Å². The summed E-state index contributed by atoms with van der Waals surface area (Å²) in [6.07, 6.45) is 8.44. The number of aromatic nitrogens is 4. The molecule has 3 N–H and O–H groups in total. The van der Waals surface area contributed by atoms with Gasteiger partial charge in [-0.15, -0.1) is 0 Å². The maximum Gasteiger partial charge on any atom is 0.407 e. The minimum absolute atomic E-state index is 0.0890. The minimum atomic E-state index is -0.616. The molecule has 67 heavy (non-hydrogen) atoms. The summed E-state index contributed by atoms with van der Waals surface area (Å²) in [6, 6.07) is 25.4. The van der Waals surface area contributed by atoms with Crippen LogP contribution in [0.4, 0.5) is 22.4 Å². The summed E-state index contributed by atoms with van der Waals surface area (Å²) in [4.78, 5) is 57.8. The Kier molecular flexibility index (Phi) is 14.9. The van der Waals surface area contributed by atoms with Crippen molar-refractivity contribution in [2.75, 3.05) is 32.8 Å². The standard InChI is InChI=1S/C33H30F2N4O3.C18H20F2N4O/c34-23-10-11-29(35)22(18-23)19-30(21-12-16-39(17-13-21)32(40)31-36-14-5-15-37-31)38-33(41)42-20-28-26-8-3-1-6-24(26)25-7-2-4-9-27(25)28;19-14-2-3-15(20)13(10-14)11-16(21)12-4-8-24(9-5-12)18(25)17-22-6-1-7-23-17/h1-11,14-15,18,21,28,30H,12-13,16-17,19-20H2,(H,38,41);1-3,6-7,10,12,16H,4-5,8-9,11,21H2/t;16-/m.1/s1. The molecule has 2 fully saturated rings. The van der Waals surface area contributed by atoms with Gasteiger partial charge in [-0.05, 0) is 132 Å². The van der Waals surface area contributed by atoms with Crippen molar-refractivity contribution in [2.24, 2.45) is 17.6 Å². The quantitative estimate of drug-likeness (QED) is 0.123. The molecule has 4 aromatic carbocycles. The first-order chi connectivity index (χ1) is 32.5. The maximum absolute atomic E-state index is 14.6. The van der Waals surface area contributed by atoms with Crippen molar-refractivity contribution in [1.29, 1.82) is 0 Å². The highest BCUT2D eigenvalue weighted by Crippen LogP contribution is 2.44. The molecule has 2 aromatic heterocycles. The van der Waals surface area contributed by atoms with Crippen molar-refractivity contribution < 1.29 is 36.7 Å². The lowest BCUT2D eigenvalue weighted by Gasteiger charge is -2.36. The summed E-state index contributed by atoms with van der Waals surface area (Å²) in [5.74, 6) is -2.15. The first kappa shape index (κ1) is 46.5. The number of nitrogens with zero attached hydrogens (tertiary/aromatic N) is 6. The van der Waals surface area contributed by atoms with E-state index in [2.05, 4.69) is 37.4 Å². The van der Waals surface area contributed by atoms with Gasteiger partial charge in [-0.2, -0.15) is 0 Å². The molecule has 0 bridgehead atoms. The zero-order valence-electron chi connectivity index (χ0n) is 36.6. The molecule has 3 amide bonds. The number of nitrogens with one attached hydrogen (secondary N) is 1. The molecule has 6 aromatic rings. The summed E-state index contributed by atoms with van der Waals surface area (Å²) in [5, 5.41) is 2.95. The number of alkyl carbamates (subject to hydrolysis) is 1. The van der Waals surface area contributed by atoms with Gasteiger partial charge in [0, 0.05) is 69.0 Å². The molecule has 2 atom stereocenters. The normalized spacial score (nSPS) is 16.0. The summed E-state index contributed by atoms with van der Waals surface area (Å²) in [7, 11) is 0. The number of fused-ring (bicyclic) bond motifs is 3. The molecule has 1 unspecified atom stereocenters. The molecule has 346 valence electrons. The van der Waals surface area contributed by atoms with Gasteiger partial charge in [-0.1, -0.05) is 48.5 Å². The number of likely N-dealkylation sites (tertiary alicyclic amines) is 2. The molecule has 0 saturated carbocycles. The van der Waals surface area contributed by atoms with Gasteiger partial charge in [0.1, 0.15) is 29.9 Å². The highest BCUT2D eigenvalue weighted by Gasteiger charge is 2.34. The Hall–Kier alpha value is -7.07. The Labute approximate surface area is 385 Å². The Morgan fingerprint density at radius 3 is 1.55 bits per heavy atom. The van der Waals surface area contributed by atoms with Gasteiger partial charge >= 0.3 is 6.09 Å². The number of amides is 3. The number of rotatable bonds is 11. The van der Waals surface area contributed by atoms with Gasteiger partial charge in [-0.3, -0.25) is 9.59 Å². The Bertz CT molecular complexity index is 2620. The smallest absolute Gasteiger partial charge is 0.407 e. The Morgan fingerprint density at radius 2 is 1.06 bits per heavy atom. The van der Waals surface area contributed by atoms with E-state index in [0.717, 1.165) is 65.4 Å². The van der Waals surface area contributed by atoms with Crippen molar-refractivity contribution >= 4 is 17.9 Å². The van der Waals surface area contributed by atoms with Gasteiger partial charge in [0.25, 0.3) is 11.8 Å². The Balaban J connectivity index is 0.000000207. The number of carbonyl (C=O) groups excluding carboxylic acids is 3. The first-order valence-corrected chi connectivity index (χ1v) is 22.4. The molecule has 4 heterocycles. The number of ether oxygens (including phenoxy) is 1. The predicted octanol–water partition coefficient (Wildman–Crippen LogP) is 7.93. The van der Waals surface area contributed by atoms with Gasteiger partial charge in [0.2, 0.25) is 11.6 Å². The third-order valence-corrected chi connectivity index (χ3v) is 12.9. The highest BCUT2D eigenvalue weighted by atomic mass is 19.1. The fourth-order valence-corrected chi connectivity index (χ4v) is 9.32. The lowest BCUT2D eigenvalue weighted by molar-refractivity contribution is 0.0649. The van der Waals surface area contributed by atoms with E-state index in [-0.39, 0.29) is 72.3 Å². The summed E-state index contributed by atoms with van der Waals surface area (Å²) in [6.45, 7) is 2.11. The Morgan fingerprint density at radius 1 is 0.612 bits per heavy atom. The van der Waals surface area contributed by atoms with Crippen LogP contribution >= 0.6 is 0 Å². The monoisotopic (exact) mass is 914 g/mol. The van der Waals surface area contributed by atoms with E-state index >= 15 is 0 Å². The van der Waals surface area contributed by atoms with Crippen LogP contribution < -0.4 is 11.1 Å². The van der Waals surface area contributed by atoms with Crippen molar-refractivity contribution in [3.8, 4) is 11.1 Å². The molecule has 0 radical (unpaired) electrons. The number of benzene rings is 4. The fourth-order valence-electron chi connectivity index (χ4n) is 9.32. The summed E-state index contributed by atoms with van der Waals surface area (Å²) >= 11 is 0. The number of hydrogen-bond donors (Lipinski definition) is 2. The largest absolute Gasteiger partial charge is 0.449 e. The first-order valence-electron chi connectivity index (χ1n) is 22.4. The number of nitrogens with two attached hydrogens (primary N) is 1. The van der Waals surface area contributed by atoms with E-state index in [1.165, 1.54) is 30.9 Å². The van der Waals surface area contributed by atoms with E-state index in [1.54, 1.807) is 21.9 Å². The van der Waals surface area contributed by atoms with Gasteiger partial charge in [0.05, 0.1) is 0 Å². The van der Waals surface area contributed by atoms with Crippen molar-refractivity contribution in [3.63, 3.8) is 0 Å². The molecule has 1 aliphatic carbocycles. The van der Waals surface area contributed by atoms with Crippen LogP contribution in [0.2, 0.25) is 0 Å². The van der Waals surface area contributed by atoms with E-state index in [9.17, 15) is 31.9 Å². The molecule has 2 saturated heterocycles. The van der Waals surface area contributed by atoms with Crippen LogP contribution in [0.15, 0.2) is 122 Å². The van der Waals surface area contributed by atoms with Crippen LogP contribution in [0.3, 0.4) is 0 Å². The van der Waals surface area contributed by atoms with Crippen LogP contribution in [0.25, 0.3) is 11.1 Å². The van der Waals surface area contributed by atoms with E-state index < -0.39 is 35.4 Å². The molecule has 12 nitrogen and oxygen atoms in total. The number of piperidine rings is 2. The minimum Gasteiger partial charge on any atom is -0.449 e. The zero-order chi connectivity index (χ0) is 46.9. The lowest BCUT2D eigenvalue weighted by atomic mass is 9.85. The summed E-state index contributed by atoms with van der Waals surface area (Å²) in [5.41, 5.74) is 11.1. The van der Waals surface area contributed by atoms with Crippen molar-refractivity contribution in [1.82, 2.24) is 35.1 Å². The van der Waals surface area contributed by atoms with Crippen molar-refractivity contribution in [3.05, 3.63) is 179 Å². The average Bonchev–Trinajstić information content (AvgIpc) is 3.69. The van der Waals surface area contributed by atoms with Crippen molar-refractivity contribution in [2.45, 2.75) is 56.5 Å². The highest BCUT2D eigenvalue weighted by molar-refractivity contribution is 5.91. The molecule has 3 aliphatic rings. The van der Waals surface area contributed by atoms with Crippen LogP contribution in [0.1, 0.15) is 75.1 Å². The number of carbonyl (C=O) groups is 3. The molecule has 16 heteroatoms. The van der Waals surface area contributed by atoms with E-state index in [0.29, 0.717) is 44.6 Å². The van der Waals surface area contributed by atoms with Gasteiger partial charge in [-0.25, -0.2) is 42.3 Å². The second kappa shape index (κ2) is 21.5. The lowest BCUT2D eigenvalue weighted by Crippen LogP contribution is -2.48. The zero-order valence-corrected chi connectivity index (χ0v) is 36.6. The molecular formula is C51H50F4N8O4. The molecular weight excluding hydrogens is 865 g/mol. The van der Waals surface area contributed by atoms with E-state index in [1.807, 2.05) is 36.4 Å². The number of hydrogen-bond acceptors (Lipinski definition) is 9. The SMILES string of the molecule is N[C@H](Cc1cc(F)ccc1F)C1CCN(C(=O)c2ncccn2)CC1.O=C(NC(Cc1cc(F)ccc1F)C1CCN(C(=O)c2ncccn2)CC1)OCC1c2ccccc2-c2ccccc21. The van der Waals surface area contributed by atoms with Crippen LogP contribution in [0, 0.1) is 35.1 Å². The van der Waals surface area contributed by atoms with Gasteiger partial charge < -0.3 is 25.6 Å². The second-order valence-corrected chi connectivity index (χ2v) is 17.0.